The summed E-state index contributed by atoms with van der Waals surface area (Å²) in [5.41, 5.74) is 7.23. The minimum absolute atomic E-state index is 0.308. The Labute approximate surface area is 176 Å². The molecule has 29 heavy (non-hydrogen) atoms. The van der Waals surface area contributed by atoms with Crippen LogP contribution in [0, 0.1) is 11.3 Å². The maximum absolute atomic E-state index is 12.7. The Morgan fingerprint density at radius 2 is 1.69 bits per heavy atom. The Morgan fingerprint density at radius 1 is 0.966 bits per heavy atom. The first kappa shape index (κ1) is 19.2. The first-order valence-electron chi connectivity index (χ1n) is 9.14. The third-order valence-electron chi connectivity index (χ3n) is 4.62. The first-order chi connectivity index (χ1) is 14.2. The predicted octanol–water partition coefficient (Wildman–Crippen LogP) is 4.33. The zero-order valence-electron chi connectivity index (χ0n) is 15.4. The number of carbonyl (C=O) groups is 2. The van der Waals surface area contributed by atoms with Gasteiger partial charge in [0.15, 0.2) is 0 Å². The van der Waals surface area contributed by atoms with Gasteiger partial charge in [-0.3, -0.25) is 20.4 Å². The topological polar surface area (TPSA) is 82.0 Å². The van der Waals surface area contributed by atoms with Crippen LogP contribution < -0.4 is 10.9 Å². The highest BCUT2D eigenvalue weighted by Crippen LogP contribution is 2.33. The van der Waals surface area contributed by atoms with Gasteiger partial charge in [0.25, 0.3) is 11.8 Å². The van der Waals surface area contributed by atoms with Gasteiger partial charge in [0.05, 0.1) is 16.0 Å². The van der Waals surface area contributed by atoms with Crippen molar-refractivity contribution in [3.8, 4) is 6.07 Å². The fraction of sp³-hybridized carbons (Fsp3) is 0.136. The molecule has 1 aliphatic carbocycles. The number of hydrogen-bond donors (Lipinski definition) is 2. The van der Waals surface area contributed by atoms with Crippen LogP contribution in [0.2, 0.25) is 0 Å². The molecule has 4 rings (SSSR count). The minimum atomic E-state index is -0.403. The van der Waals surface area contributed by atoms with Gasteiger partial charge in [-0.15, -0.1) is 11.3 Å². The molecule has 3 aromatic rings. The minimum Gasteiger partial charge on any atom is -0.267 e. The van der Waals surface area contributed by atoms with E-state index in [1.54, 1.807) is 24.3 Å². The van der Waals surface area contributed by atoms with Gasteiger partial charge in [-0.1, -0.05) is 36.0 Å². The maximum atomic E-state index is 12.7. The maximum Gasteiger partial charge on any atom is 0.279 e. The molecule has 1 aromatic heterocycles. The number of hydrazine groups is 1. The average Bonchev–Trinajstić information content (AvgIpc) is 3.35. The second-order valence-electron chi connectivity index (χ2n) is 6.53. The van der Waals surface area contributed by atoms with Crippen LogP contribution in [0.4, 0.5) is 0 Å². The van der Waals surface area contributed by atoms with Crippen molar-refractivity contribution in [1.29, 1.82) is 5.26 Å². The summed E-state index contributed by atoms with van der Waals surface area (Å²) in [4.78, 5) is 28.4. The second kappa shape index (κ2) is 8.52. The van der Waals surface area contributed by atoms with Crippen molar-refractivity contribution in [3.05, 3.63) is 81.0 Å². The van der Waals surface area contributed by atoms with Crippen LogP contribution in [-0.2, 0) is 12.8 Å². The molecule has 0 radical (unpaired) electrons. The van der Waals surface area contributed by atoms with Crippen LogP contribution in [-0.4, -0.2) is 11.8 Å². The van der Waals surface area contributed by atoms with Crippen LogP contribution >= 0.6 is 23.1 Å². The number of nitrogens with one attached hydrogen (secondary N) is 2. The van der Waals surface area contributed by atoms with Gasteiger partial charge < -0.3 is 0 Å². The molecule has 7 heteroatoms. The van der Waals surface area contributed by atoms with Gasteiger partial charge in [-0.25, -0.2) is 0 Å². The monoisotopic (exact) mass is 419 g/mol. The lowest BCUT2D eigenvalue weighted by atomic mass is 10.2. The van der Waals surface area contributed by atoms with Crippen LogP contribution in [0.3, 0.4) is 0 Å². The van der Waals surface area contributed by atoms with Crippen molar-refractivity contribution < 1.29 is 9.59 Å². The lowest BCUT2D eigenvalue weighted by Crippen LogP contribution is -2.41. The molecule has 0 saturated carbocycles. The SMILES string of the molecule is N#Cc1ccccc1Sc1ccccc1C(=O)NNC(=O)c1cc2c(s1)CCC2. The summed E-state index contributed by atoms with van der Waals surface area (Å²) >= 11 is 2.83. The fourth-order valence-corrected chi connectivity index (χ4v) is 5.37. The van der Waals surface area contributed by atoms with Crippen LogP contribution in [0.5, 0.6) is 0 Å². The van der Waals surface area contributed by atoms with Crippen molar-refractivity contribution in [2.75, 3.05) is 0 Å². The van der Waals surface area contributed by atoms with Gasteiger partial charge in [-0.05, 0) is 55.2 Å². The van der Waals surface area contributed by atoms with Gasteiger partial charge in [-0.2, -0.15) is 5.26 Å². The summed E-state index contributed by atoms with van der Waals surface area (Å²) in [6.07, 6.45) is 3.18. The number of benzene rings is 2. The van der Waals surface area contributed by atoms with Crippen molar-refractivity contribution in [2.24, 2.45) is 0 Å². The summed E-state index contributed by atoms with van der Waals surface area (Å²) in [5.74, 6) is -0.710. The number of amides is 2. The third kappa shape index (κ3) is 4.19. The number of thiophene rings is 1. The van der Waals surface area contributed by atoms with Crippen molar-refractivity contribution >= 4 is 34.9 Å². The molecule has 0 atom stereocenters. The van der Waals surface area contributed by atoms with E-state index in [1.165, 1.54) is 33.5 Å². The average molecular weight is 420 g/mol. The van der Waals surface area contributed by atoms with Gasteiger partial charge in [0.1, 0.15) is 6.07 Å². The summed E-state index contributed by atoms with van der Waals surface area (Å²) in [5, 5.41) is 9.28. The number of nitriles is 1. The Bertz CT molecular complexity index is 1110. The van der Waals surface area contributed by atoms with Gasteiger partial charge in [0.2, 0.25) is 0 Å². The summed E-state index contributed by atoms with van der Waals surface area (Å²) in [6, 6.07) is 18.4. The molecule has 2 N–H and O–H groups in total. The molecular weight excluding hydrogens is 402 g/mol. The molecule has 0 fully saturated rings. The van der Waals surface area contributed by atoms with Crippen molar-refractivity contribution in [3.63, 3.8) is 0 Å². The highest BCUT2D eigenvalue weighted by molar-refractivity contribution is 7.99. The molecule has 5 nitrogen and oxygen atoms in total. The molecule has 0 bridgehead atoms. The first-order valence-corrected chi connectivity index (χ1v) is 10.8. The molecule has 1 aliphatic rings. The molecule has 0 unspecified atom stereocenters. The molecule has 1 heterocycles. The van der Waals surface area contributed by atoms with E-state index in [1.807, 2.05) is 30.3 Å². The van der Waals surface area contributed by atoms with Crippen LogP contribution in [0.25, 0.3) is 0 Å². The smallest absolute Gasteiger partial charge is 0.267 e. The summed E-state index contributed by atoms with van der Waals surface area (Å²) in [6.45, 7) is 0. The van der Waals surface area contributed by atoms with E-state index in [0.717, 1.165) is 24.2 Å². The normalized spacial score (nSPS) is 12.1. The number of fused-ring (bicyclic) bond motifs is 1. The quantitative estimate of drug-likeness (QED) is 0.617. The Balaban J connectivity index is 1.46. The number of hydrogen-bond acceptors (Lipinski definition) is 5. The third-order valence-corrected chi connectivity index (χ3v) is 7.01. The molecule has 0 spiro atoms. The van der Waals surface area contributed by atoms with E-state index in [2.05, 4.69) is 16.9 Å². The highest BCUT2D eigenvalue weighted by atomic mass is 32.2. The molecule has 2 amide bonds. The standard InChI is InChI=1S/C22H17N3O2S2/c23-13-15-6-1-3-9-18(15)28-19-10-4-2-8-16(19)21(26)24-25-22(27)20-12-14-7-5-11-17(14)29-20/h1-4,6,8-10,12H,5,7,11H2,(H,24,26)(H,25,27). The predicted molar refractivity (Wildman–Crippen MR) is 113 cm³/mol. The van der Waals surface area contributed by atoms with E-state index >= 15 is 0 Å². The Hall–Kier alpha value is -3.08. The van der Waals surface area contributed by atoms with Crippen molar-refractivity contribution in [2.45, 2.75) is 29.1 Å². The number of nitrogens with zero attached hydrogens (tertiary/aromatic N) is 1. The zero-order valence-corrected chi connectivity index (χ0v) is 17.0. The van der Waals surface area contributed by atoms with E-state index in [4.69, 9.17) is 0 Å². The van der Waals surface area contributed by atoms with E-state index in [9.17, 15) is 14.9 Å². The molecule has 144 valence electrons. The van der Waals surface area contributed by atoms with Crippen molar-refractivity contribution in [1.82, 2.24) is 10.9 Å². The molecule has 0 aliphatic heterocycles. The Morgan fingerprint density at radius 3 is 2.48 bits per heavy atom. The number of aryl methyl sites for hydroxylation is 2. The lowest BCUT2D eigenvalue weighted by molar-refractivity contribution is 0.0847. The fourth-order valence-electron chi connectivity index (χ4n) is 3.19. The van der Waals surface area contributed by atoms with E-state index in [0.29, 0.717) is 20.9 Å². The summed E-state index contributed by atoms with van der Waals surface area (Å²) < 4.78 is 0. The second-order valence-corrected chi connectivity index (χ2v) is 8.75. The van der Waals surface area contributed by atoms with Gasteiger partial charge >= 0.3 is 0 Å². The lowest BCUT2D eigenvalue weighted by Gasteiger charge is -2.11. The van der Waals surface area contributed by atoms with Crippen LogP contribution in [0.1, 0.15) is 42.5 Å². The highest BCUT2D eigenvalue weighted by Gasteiger charge is 2.19. The van der Waals surface area contributed by atoms with E-state index in [-0.39, 0.29) is 5.91 Å². The Kier molecular flexibility index (Phi) is 5.65. The zero-order chi connectivity index (χ0) is 20.2. The molecular formula is C22H17N3O2S2. The number of rotatable bonds is 4. The van der Waals surface area contributed by atoms with Crippen LogP contribution in [0.15, 0.2) is 64.4 Å². The summed E-state index contributed by atoms with van der Waals surface area (Å²) in [7, 11) is 0. The molecule has 2 aromatic carbocycles. The van der Waals surface area contributed by atoms with Gasteiger partial charge in [0, 0.05) is 14.7 Å². The van der Waals surface area contributed by atoms with E-state index < -0.39 is 5.91 Å². The number of carbonyl (C=O) groups excluding carboxylic acids is 2. The molecule has 0 saturated heterocycles. The largest absolute Gasteiger partial charge is 0.279 e.